The molecule has 0 spiro atoms. The van der Waals surface area contributed by atoms with Crippen LogP contribution in [0.25, 0.3) is 0 Å². The van der Waals surface area contributed by atoms with Gasteiger partial charge in [0.1, 0.15) is 5.82 Å². The Balaban J connectivity index is 2.89. The van der Waals surface area contributed by atoms with E-state index in [0.29, 0.717) is 23.0 Å². The van der Waals surface area contributed by atoms with Crippen LogP contribution in [0.4, 0.5) is 4.39 Å². The van der Waals surface area contributed by atoms with Gasteiger partial charge in [-0.15, -0.1) is 0 Å². The van der Waals surface area contributed by atoms with E-state index in [9.17, 15) is 4.39 Å². The van der Waals surface area contributed by atoms with Crippen LogP contribution in [0.3, 0.4) is 0 Å². The second-order valence-electron chi connectivity index (χ2n) is 4.08. The lowest BCUT2D eigenvalue weighted by atomic mass is 9.95. The van der Waals surface area contributed by atoms with E-state index in [-0.39, 0.29) is 11.9 Å². The maximum absolute atomic E-state index is 13.6. The summed E-state index contributed by atoms with van der Waals surface area (Å²) in [6.07, 6.45) is 0.796. The molecule has 2 unspecified atom stereocenters. The second kappa shape index (κ2) is 6.18. The zero-order chi connectivity index (χ0) is 12.1. The molecule has 0 aromatic heterocycles. The first-order valence-electron chi connectivity index (χ1n) is 5.40. The van der Waals surface area contributed by atoms with Crippen molar-refractivity contribution in [3.05, 3.63) is 34.6 Å². The van der Waals surface area contributed by atoms with Gasteiger partial charge in [-0.25, -0.2) is 4.39 Å². The fraction of sp³-hybridized carbons (Fsp3) is 0.500. The molecule has 1 aromatic carbocycles. The van der Waals surface area contributed by atoms with E-state index in [2.05, 4.69) is 5.32 Å². The van der Waals surface area contributed by atoms with E-state index < -0.39 is 0 Å². The Morgan fingerprint density at radius 1 is 1.50 bits per heavy atom. The summed E-state index contributed by atoms with van der Waals surface area (Å²) in [7, 11) is 1.81. The summed E-state index contributed by atoms with van der Waals surface area (Å²) in [6.45, 7) is 2.65. The lowest BCUT2D eigenvalue weighted by Gasteiger charge is -2.20. The monoisotopic (exact) mass is 244 g/mol. The van der Waals surface area contributed by atoms with Crippen LogP contribution >= 0.6 is 11.6 Å². The van der Waals surface area contributed by atoms with Gasteiger partial charge in [0.2, 0.25) is 0 Å². The Bertz CT molecular complexity index is 344. The smallest absolute Gasteiger partial charge is 0.128 e. The van der Waals surface area contributed by atoms with Crippen LogP contribution in [0.15, 0.2) is 18.2 Å². The summed E-state index contributed by atoms with van der Waals surface area (Å²) < 4.78 is 13.6. The van der Waals surface area contributed by atoms with Crippen LogP contribution in [-0.4, -0.2) is 13.6 Å². The van der Waals surface area contributed by atoms with Gasteiger partial charge in [-0.1, -0.05) is 18.5 Å². The lowest BCUT2D eigenvalue weighted by molar-refractivity contribution is 0.424. The van der Waals surface area contributed by atoms with Gasteiger partial charge in [-0.3, -0.25) is 0 Å². The van der Waals surface area contributed by atoms with E-state index in [1.54, 1.807) is 12.1 Å². The minimum Gasteiger partial charge on any atom is -0.330 e. The van der Waals surface area contributed by atoms with Crippen molar-refractivity contribution in [2.45, 2.75) is 19.4 Å². The zero-order valence-corrected chi connectivity index (χ0v) is 10.4. The van der Waals surface area contributed by atoms with E-state index in [4.69, 9.17) is 17.3 Å². The SMILES string of the molecule is CNC(CC(C)CN)c1cc(Cl)ccc1F. The topological polar surface area (TPSA) is 38.0 Å². The Morgan fingerprint density at radius 2 is 2.19 bits per heavy atom. The highest BCUT2D eigenvalue weighted by molar-refractivity contribution is 6.30. The lowest BCUT2D eigenvalue weighted by Crippen LogP contribution is -2.23. The molecular weight excluding hydrogens is 227 g/mol. The Labute approximate surface area is 101 Å². The van der Waals surface area contributed by atoms with Crippen LogP contribution in [0.1, 0.15) is 24.9 Å². The van der Waals surface area contributed by atoms with Crippen molar-refractivity contribution in [3.63, 3.8) is 0 Å². The summed E-state index contributed by atoms with van der Waals surface area (Å²) in [6, 6.07) is 4.58. The van der Waals surface area contributed by atoms with Gasteiger partial charge >= 0.3 is 0 Å². The van der Waals surface area contributed by atoms with Gasteiger partial charge in [-0.05, 0) is 44.1 Å². The van der Waals surface area contributed by atoms with E-state index in [1.165, 1.54) is 6.07 Å². The highest BCUT2D eigenvalue weighted by Gasteiger charge is 2.16. The standard InChI is InChI=1S/C12H18ClFN2/c1-8(7-15)5-12(16-2)10-6-9(13)3-4-11(10)14/h3-4,6,8,12,16H,5,7,15H2,1-2H3. The summed E-state index contributed by atoms with van der Waals surface area (Å²) in [5.41, 5.74) is 6.18. The fourth-order valence-electron chi connectivity index (χ4n) is 1.68. The third kappa shape index (κ3) is 3.44. The molecule has 90 valence electrons. The van der Waals surface area contributed by atoms with Crippen molar-refractivity contribution in [3.8, 4) is 0 Å². The molecule has 0 aliphatic carbocycles. The van der Waals surface area contributed by atoms with Crippen molar-refractivity contribution < 1.29 is 4.39 Å². The third-order valence-electron chi connectivity index (χ3n) is 2.72. The van der Waals surface area contributed by atoms with E-state index >= 15 is 0 Å². The molecule has 0 saturated heterocycles. The first-order valence-corrected chi connectivity index (χ1v) is 5.78. The molecule has 0 radical (unpaired) electrons. The highest BCUT2D eigenvalue weighted by Crippen LogP contribution is 2.25. The molecule has 0 heterocycles. The molecule has 0 fully saturated rings. The normalized spacial score (nSPS) is 14.8. The Hall–Kier alpha value is -0.640. The molecule has 1 aromatic rings. The molecule has 3 N–H and O–H groups in total. The van der Waals surface area contributed by atoms with Gasteiger partial charge in [0.15, 0.2) is 0 Å². The number of nitrogens with two attached hydrogens (primary N) is 1. The number of hydrogen-bond donors (Lipinski definition) is 2. The molecule has 2 nitrogen and oxygen atoms in total. The van der Waals surface area contributed by atoms with E-state index in [1.807, 2.05) is 14.0 Å². The Morgan fingerprint density at radius 3 is 2.75 bits per heavy atom. The predicted molar refractivity (Wildman–Crippen MR) is 66.0 cm³/mol. The fourth-order valence-corrected chi connectivity index (χ4v) is 1.86. The molecule has 0 bridgehead atoms. The van der Waals surface area contributed by atoms with Crippen LogP contribution in [-0.2, 0) is 0 Å². The van der Waals surface area contributed by atoms with Crippen molar-refractivity contribution in [2.24, 2.45) is 11.7 Å². The van der Waals surface area contributed by atoms with Crippen molar-refractivity contribution in [1.29, 1.82) is 0 Å². The molecule has 1 rings (SSSR count). The van der Waals surface area contributed by atoms with Gasteiger partial charge in [0.25, 0.3) is 0 Å². The number of benzene rings is 1. The van der Waals surface area contributed by atoms with Crippen molar-refractivity contribution >= 4 is 11.6 Å². The van der Waals surface area contributed by atoms with Crippen LogP contribution < -0.4 is 11.1 Å². The number of nitrogens with one attached hydrogen (secondary N) is 1. The average molecular weight is 245 g/mol. The summed E-state index contributed by atoms with van der Waals surface area (Å²) in [4.78, 5) is 0. The van der Waals surface area contributed by atoms with Crippen molar-refractivity contribution in [2.75, 3.05) is 13.6 Å². The summed E-state index contributed by atoms with van der Waals surface area (Å²) in [5, 5.41) is 3.65. The second-order valence-corrected chi connectivity index (χ2v) is 4.52. The number of rotatable bonds is 5. The maximum atomic E-state index is 13.6. The van der Waals surface area contributed by atoms with Crippen molar-refractivity contribution in [1.82, 2.24) is 5.32 Å². The molecule has 0 aliphatic rings. The van der Waals surface area contributed by atoms with Crippen LogP contribution in [0.5, 0.6) is 0 Å². The van der Waals surface area contributed by atoms with Gasteiger partial charge in [0, 0.05) is 16.6 Å². The quantitative estimate of drug-likeness (QED) is 0.836. The molecule has 0 saturated carbocycles. The highest BCUT2D eigenvalue weighted by atomic mass is 35.5. The first-order chi connectivity index (χ1) is 7.58. The molecule has 2 atom stereocenters. The minimum absolute atomic E-state index is 0.0442. The molecular formula is C12H18ClFN2. The minimum atomic E-state index is -0.229. The van der Waals surface area contributed by atoms with Crippen LogP contribution in [0.2, 0.25) is 5.02 Å². The summed E-state index contributed by atoms with van der Waals surface area (Å²) in [5.74, 6) is 0.115. The van der Waals surface area contributed by atoms with E-state index in [0.717, 1.165) is 6.42 Å². The molecule has 16 heavy (non-hydrogen) atoms. The predicted octanol–water partition coefficient (Wildman–Crippen LogP) is 2.72. The maximum Gasteiger partial charge on any atom is 0.128 e. The van der Waals surface area contributed by atoms with Gasteiger partial charge in [0.05, 0.1) is 0 Å². The summed E-state index contributed by atoms with van der Waals surface area (Å²) >= 11 is 5.87. The van der Waals surface area contributed by atoms with Gasteiger partial charge < -0.3 is 11.1 Å². The third-order valence-corrected chi connectivity index (χ3v) is 2.96. The van der Waals surface area contributed by atoms with Crippen LogP contribution in [0, 0.1) is 11.7 Å². The zero-order valence-electron chi connectivity index (χ0n) is 9.63. The first kappa shape index (κ1) is 13.4. The average Bonchev–Trinajstić information content (AvgIpc) is 2.29. The molecule has 0 aliphatic heterocycles. The molecule has 0 amide bonds. The number of hydrogen-bond acceptors (Lipinski definition) is 2. The largest absolute Gasteiger partial charge is 0.330 e. The number of halogens is 2. The van der Waals surface area contributed by atoms with Gasteiger partial charge in [-0.2, -0.15) is 0 Å². The Kier molecular flexibility index (Phi) is 5.19. The molecule has 4 heteroatoms.